The number of hydrogen-bond donors (Lipinski definition) is 1. The second-order valence-corrected chi connectivity index (χ2v) is 6.76. The topological polar surface area (TPSA) is 30.5 Å². The Kier molecular flexibility index (Phi) is 6.22. The van der Waals surface area contributed by atoms with E-state index in [0.29, 0.717) is 40.4 Å². The van der Waals surface area contributed by atoms with Gasteiger partial charge in [-0.15, -0.1) is 0 Å². The summed E-state index contributed by atoms with van der Waals surface area (Å²) in [5.41, 5.74) is -1.07. The largest absolute Gasteiger partial charge is 0.492 e. The Morgan fingerprint density at radius 3 is 2.57 bits per heavy atom. The molecule has 23 heavy (non-hydrogen) atoms. The molecule has 3 nitrogen and oxygen atoms in total. The van der Waals surface area contributed by atoms with Crippen LogP contribution in [-0.4, -0.2) is 32.0 Å². The van der Waals surface area contributed by atoms with E-state index in [1.807, 2.05) is 0 Å². The maximum absolute atomic E-state index is 12.9. The molecule has 0 amide bonds. The van der Waals surface area contributed by atoms with E-state index in [2.05, 4.69) is 21.2 Å². The average molecular weight is 417 g/mol. The molecule has 1 fully saturated rings. The van der Waals surface area contributed by atoms with Gasteiger partial charge >= 0.3 is 6.18 Å². The van der Waals surface area contributed by atoms with Crippen LogP contribution in [0.5, 0.6) is 5.75 Å². The summed E-state index contributed by atoms with van der Waals surface area (Å²) >= 11 is 9.43. The Hall–Kier alpha value is -0.500. The van der Waals surface area contributed by atoms with E-state index >= 15 is 0 Å². The standard InChI is InChI=1S/C15H18BrClF3NO2/c1-22-5-2-6-23-13-7-10(11(16)8-12(13)17)9-21-14(3-4-14)15(18,19)20/h7-8,21H,2-6,9H2,1H3. The van der Waals surface area contributed by atoms with Gasteiger partial charge < -0.3 is 9.47 Å². The zero-order chi connectivity index (χ0) is 17.1. The van der Waals surface area contributed by atoms with Gasteiger partial charge in [-0.1, -0.05) is 27.5 Å². The smallest absolute Gasteiger partial charge is 0.406 e. The fourth-order valence-electron chi connectivity index (χ4n) is 2.15. The summed E-state index contributed by atoms with van der Waals surface area (Å²) in [4.78, 5) is 0. The van der Waals surface area contributed by atoms with Crippen molar-refractivity contribution in [2.24, 2.45) is 0 Å². The summed E-state index contributed by atoms with van der Waals surface area (Å²) in [6.45, 7) is 1.08. The predicted octanol–water partition coefficient (Wildman–Crippen LogP) is 4.70. The third kappa shape index (κ3) is 4.75. The number of benzene rings is 1. The molecule has 1 aromatic rings. The molecule has 0 spiro atoms. The number of alkyl halides is 3. The molecule has 0 aliphatic heterocycles. The van der Waals surface area contributed by atoms with E-state index < -0.39 is 11.7 Å². The van der Waals surface area contributed by atoms with Crippen LogP contribution < -0.4 is 10.1 Å². The Balaban J connectivity index is 2.01. The van der Waals surface area contributed by atoms with Crippen LogP contribution >= 0.6 is 27.5 Å². The molecule has 1 N–H and O–H groups in total. The fraction of sp³-hybridized carbons (Fsp3) is 0.600. The van der Waals surface area contributed by atoms with Gasteiger partial charge in [0.25, 0.3) is 0 Å². The predicted molar refractivity (Wildman–Crippen MR) is 86.0 cm³/mol. The van der Waals surface area contributed by atoms with Crippen LogP contribution in [0, 0.1) is 0 Å². The summed E-state index contributed by atoms with van der Waals surface area (Å²) in [5.74, 6) is 0.458. The maximum Gasteiger partial charge on any atom is 0.406 e. The van der Waals surface area contributed by atoms with Gasteiger partial charge in [0, 0.05) is 31.2 Å². The molecule has 1 aliphatic carbocycles. The Morgan fingerprint density at radius 1 is 1.30 bits per heavy atom. The molecule has 0 atom stereocenters. The minimum Gasteiger partial charge on any atom is -0.492 e. The first-order valence-corrected chi connectivity index (χ1v) is 8.37. The van der Waals surface area contributed by atoms with Gasteiger partial charge in [0.05, 0.1) is 11.6 Å². The zero-order valence-electron chi connectivity index (χ0n) is 12.6. The molecule has 0 radical (unpaired) electrons. The van der Waals surface area contributed by atoms with Crippen molar-refractivity contribution in [1.82, 2.24) is 5.32 Å². The van der Waals surface area contributed by atoms with Gasteiger partial charge in [-0.2, -0.15) is 13.2 Å². The molecule has 0 unspecified atom stereocenters. The van der Waals surface area contributed by atoms with Crippen LogP contribution in [0.2, 0.25) is 5.02 Å². The Labute approximate surface area is 146 Å². The van der Waals surface area contributed by atoms with Crippen LogP contribution in [0.3, 0.4) is 0 Å². The average Bonchev–Trinajstić information content (AvgIpc) is 3.25. The lowest BCUT2D eigenvalue weighted by Crippen LogP contribution is -2.44. The Morgan fingerprint density at radius 2 is 2.00 bits per heavy atom. The van der Waals surface area contributed by atoms with Crippen molar-refractivity contribution in [3.8, 4) is 5.75 Å². The van der Waals surface area contributed by atoms with Crippen molar-refractivity contribution >= 4 is 27.5 Å². The highest BCUT2D eigenvalue weighted by Crippen LogP contribution is 2.49. The third-order valence-electron chi connectivity index (χ3n) is 3.76. The Bertz CT molecular complexity index is 550. The summed E-state index contributed by atoms with van der Waals surface area (Å²) < 4.78 is 50.0. The minimum atomic E-state index is -4.23. The monoisotopic (exact) mass is 415 g/mol. The molecule has 0 saturated heterocycles. The zero-order valence-corrected chi connectivity index (χ0v) is 14.9. The first-order chi connectivity index (χ1) is 10.8. The van der Waals surface area contributed by atoms with E-state index in [0.717, 1.165) is 0 Å². The summed E-state index contributed by atoms with van der Waals surface area (Å²) in [6, 6.07) is 3.30. The second-order valence-electron chi connectivity index (χ2n) is 5.50. The lowest BCUT2D eigenvalue weighted by Gasteiger charge is -2.21. The lowest BCUT2D eigenvalue weighted by molar-refractivity contribution is -0.166. The fourth-order valence-corrected chi connectivity index (χ4v) is 2.99. The van der Waals surface area contributed by atoms with Crippen molar-refractivity contribution in [3.63, 3.8) is 0 Å². The lowest BCUT2D eigenvalue weighted by atomic mass is 10.2. The number of rotatable bonds is 8. The van der Waals surface area contributed by atoms with Crippen molar-refractivity contribution in [2.75, 3.05) is 20.3 Å². The summed E-state index contributed by atoms with van der Waals surface area (Å²) in [5, 5.41) is 3.03. The number of nitrogens with one attached hydrogen (secondary N) is 1. The molecule has 1 aliphatic rings. The quantitative estimate of drug-likeness (QED) is 0.623. The van der Waals surface area contributed by atoms with Crippen LogP contribution in [0.15, 0.2) is 16.6 Å². The van der Waals surface area contributed by atoms with Gasteiger partial charge in [-0.3, -0.25) is 5.32 Å². The van der Waals surface area contributed by atoms with Crippen molar-refractivity contribution in [2.45, 2.75) is 37.5 Å². The molecule has 1 saturated carbocycles. The molecular formula is C15H18BrClF3NO2. The van der Waals surface area contributed by atoms with Crippen molar-refractivity contribution < 1.29 is 22.6 Å². The number of hydrogen-bond acceptors (Lipinski definition) is 3. The highest BCUT2D eigenvalue weighted by Gasteiger charge is 2.62. The van der Waals surface area contributed by atoms with E-state index in [1.54, 1.807) is 19.2 Å². The maximum atomic E-state index is 12.9. The van der Waals surface area contributed by atoms with Gasteiger partial charge in [-0.05, 0) is 30.5 Å². The number of halogens is 5. The van der Waals surface area contributed by atoms with Crippen molar-refractivity contribution in [3.05, 3.63) is 27.2 Å². The van der Waals surface area contributed by atoms with Crippen LogP contribution in [-0.2, 0) is 11.3 Å². The molecule has 0 heterocycles. The molecule has 0 bridgehead atoms. The SMILES string of the molecule is COCCCOc1cc(CNC2(C(F)(F)F)CC2)c(Br)cc1Cl. The molecule has 8 heteroatoms. The van der Waals surface area contributed by atoms with Gasteiger partial charge in [-0.25, -0.2) is 0 Å². The summed E-state index contributed by atoms with van der Waals surface area (Å²) in [7, 11) is 1.60. The van der Waals surface area contributed by atoms with Gasteiger partial charge in [0.2, 0.25) is 0 Å². The highest BCUT2D eigenvalue weighted by atomic mass is 79.9. The van der Waals surface area contributed by atoms with E-state index in [4.69, 9.17) is 21.1 Å². The second kappa shape index (κ2) is 7.59. The number of ether oxygens (including phenoxy) is 2. The van der Waals surface area contributed by atoms with E-state index in [1.165, 1.54) is 0 Å². The van der Waals surface area contributed by atoms with E-state index in [9.17, 15) is 13.2 Å². The first-order valence-electron chi connectivity index (χ1n) is 7.20. The minimum absolute atomic E-state index is 0.0890. The number of methoxy groups -OCH3 is 1. The third-order valence-corrected chi connectivity index (χ3v) is 4.79. The summed E-state index contributed by atoms with van der Waals surface area (Å²) in [6.07, 6.45) is -3.30. The molecule has 1 aromatic carbocycles. The highest BCUT2D eigenvalue weighted by molar-refractivity contribution is 9.10. The van der Waals surface area contributed by atoms with Gasteiger partial charge in [0.1, 0.15) is 11.3 Å². The van der Waals surface area contributed by atoms with Crippen LogP contribution in [0.25, 0.3) is 0 Å². The van der Waals surface area contributed by atoms with Gasteiger partial charge in [0.15, 0.2) is 0 Å². The van der Waals surface area contributed by atoms with Crippen molar-refractivity contribution in [1.29, 1.82) is 0 Å². The normalized spacial score (nSPS) is 16.4. The molecular weight excluding hydrogens is 399 g/mol. The molecule has 130 valence electrons. The van der Waals surface area contributed by atoms with Crippen LogP contribution in [0.1, 0.15) is 24.8 Å². The van der Waals surface area contributed by atoms with Crippen LogP contribution in [0.4, 0.5) is 13.2 Å². The molecule has 2 rings (SSSR count). The van der Waals surface area contributed by atoms with E-state index in [-0.39, 0.29) is 19.4 Å². The molecule has 0 aromatic heterocycles. The first kappa shape index (κ1) is 18.8.